The van der Waals surface area contributed by atoms with Crippen molar-refractivity contribution in [2.75, 3.05) is 0 Å². The fourth-order valence-corrected chi connectivity index (χ4v) is 2.56. The number of benzene rings is 1. The second-order valence-electron chi connectivity index (χ2n) is 5.00. The van der Waals surface area contributed by atoms with Gasteiger partial charge in [-0.3, -0.25) is 4.79 Å². The lowest BCUT2D eigenvalue weighted by molar-refractivity contribution is -0.118. The second kappa shape index (κ2) is 7.29. The molecule has 0 spiro atoms. The molecule has 106 valence electrons. The molecule has 0 heterocycles. The van der Waals surface area contributed by atoms with Crippen LogP contribution in [0.15, 0.2) is 12.1 Å². The molecule has 0 aliphatic carbocycles. The molecule has 0 saturated heterocycles. The molecule has 1 unspecified atom stereocenters. The van der Waals surface area contributed by atoms with E-state index in [1.807, 2.05) is 0 Å². The van der Waals surface area contributed by atoms with Crippen molar-refractivity contribution in [2.45, 2.75) is 58.9 Å². The van der Waals surface area contributed by atoms with Gasteiger partial charge in [-0.25, -0.2) is 0 Å². The molecule has 0 aromatic heterocycles. The highest BCUT2D eigenvalue weighted by Crippen LogP contribution is 2.27. The van der Waals surface area contributed by atoms with Gasteiger partial charge in [0.1, 0.15) is 0 Å². The third-order valence-corrected chi connectivity index (χ3v) is 3.65. The average molecular weight is 262 g/mol. The maximum Gasteiger partial charge on any atom is 0.217 e. The van der Waals surface area contributed by atoms with E-state index in [1.54, 1.807) is 0 Å². The number of primary amides is 1. The summed E-state index contributed by atoms with van der Waals surface area (Å²) in [6.45, 7) is 6.47. The molecule has 1 aromatic rings. The zero-order valence-electron chi connectivity index (χ0n) is 12.3. The first-order chi connectivity index (χ1) is 9.03. The van der Waals surface area contributed by atoms with Crippen molar-refractivity contribution in [3.8, 4) is 0 Å². The van der Waals surface area contributed by atoms with Gasteiger partial charge in [0.15, 0.2) is 0 Å². The number of hydrogen-bond donors (Lipinski definition) is 2. The molecular weight excluding hydrogens is 236 g/mol. The van der Waals surface area contributed by atoms with Crippen LogP contribution in [0.4, 0.5) is 0 Å². The van der Waals surface area contributed by atoms with Crippen LogP contribution in [0.5, 0.6) is 0 Å². The number of aryl methyl sites for hydroxylation is 3. The van der Waals surface area contributed by atoms with E-state index in [-0.39, 0.29) is 11.9 Å². The van der Waals surface area contributed by atoms with E-state index >= 15 is 0 Å². The van der Waals surface area contributed by atoms with Gasteiger partial charge in [-0.05, 0) is 47.9 Å². The minimum atomic E-state index is -0.281. The third kappa shape index (κ3) is 4.06. The first-order valence-corrected chi connectivity index (χ1v) is 7.21. The van der Waals surface area contributed by atoms with E-state index in [0.717, 1.165) is 19.3 Å². The van der Waals surface area contributed by atoms with Gasteiger partial charge in [0, 0.05) is 12.5 Å². The SMILES string of the molecule is CCc1cc(CC)c(C(N)CCC(N)=O)c(CC)c1. The van der Waals surface area contributed by atoms with E-state index < -0.39 is 0 Å². The van der Waals surface area contributed by atoms with Crippen molar-refractivity contribution in [3.05, 3.63) is 34.4 Å². The summed E-state index contributed by atoms with van der Waals surface area (Å²) in [5.41, 5.74) is 16.7. The Labute approximate surface area is 116 Å². The van der Waals surface area contributed by atoms with Crippen LogP contribution < -0.4 is 11.5 Å². The highest BCUT2D eigenvalue weighted by Gasteiger charge is 2.16. The minimum Gasteiger partial charge on any atom is -0.370 e. The molecular formula is C16H26N2O. The van der Waals surface area contributed by atoms with Gasteiger partial charge in [0.2, 0.25) is 5.91 Å². The molecule has 3 heteroatoms. The summed E-state index contributed by atoms with van der Waals surface area (Å²) in [5, 5.41) is 0. The van der Waals surface area contributed by atoms with Crippen LogP contribution in [0.2, 0.25) is 0 Å². The number of carbonyl (C=O) groups excluding carboxylic acids is 1. The topological polar surface area (TPSA) is 69.1 Å². The van der Waals surface area contributed by atoms with Crippen LogP contribution in [-0.2, 0) is 24.1 Å². The molecule has 4 N–H and O–H groups in total. The van der Waals surface area contributed by atoms with Crippen LogP contribution >= 0.6 is 0 Å². The Morgan fingerprint density at radius 3 is 2.00 bits per heavy atom. The molecule has 1 atom stereocenters. The highest BCUT2D eigenvalue weighted by molar-refractivity contribution is 5.73. The standard InChI is InChI=1S/C16H26N2O/c1-4-11-9-12(5-2)16(13(6-3)10-11)14(17)7-8-15(18)19/h9-10,14H,4-8,17H2,1-3H3,(H2,18,19). The smallest absolute Gasteiger partial charge is 0.217 e. The Hall–Kier alpha value is -1.35. The summed E-state index contributed by atoms with van der Waals surface area (Å²) in [6, 6.07) is 4.40. The minimum absolute atomic E-state index is 0.0942. The normalized spacial score (nSPS) is 12.4. The van der Waals surface area contributed by atoms with Crippen molar-refractivity contribution >= 4 is 5.91 Å². The molecule has 0 saturated carbocycles. The van der Waals surface area contributed by atoms with Crippen LogP contribution in [0.25, 0.3) is 0 Å². The summed E-state index contributed by atoms with van der Waals surface area (Å²) in [5.74, 6) is -0.281. The number of amides is 1. The molecule has 0 fully saturated rings. The Kier molecular flexibility index (Phi) is 6.03. The summed E-state index contributed by atoms with van der Waals surface area (Å²) in [4.78, 5) is 10.9. The van der Waals surface area contributed by atoms with E-state index in [2.05, 4.69) is 32.9 Å². The molecule has 19 heavy (non-hydrogen) atoms. The predicted molar refractivity (Wildman–Crippen MR) is 79.9 cm³/mol. The average Bonchev–Trinajstić information content (AvgIpc) is 2.42. The highest BCUT2D eigenvalue weighted by atomic mass is 16.1. The molecule has 0 aliphatic rings. The van der Waals surface area contributed by atoms with Crippen LogP contribution in [-0.4, -0.2) is 5.91 Å². The van der Waals surface area contributed by atoms with E-state index in [4.69, 9.17) is 11.5 Å². The molecule has 1 amide bonds. The van der Waals surface area contributed by atoms with Crippen molar-refractivity contribution in [3.63, 3.8) is 0 Å². The Morgan fingerprint density at radius 2 is 1.63 bits per heavy atom. The maximum atomic E-state index is 10.9. The molecule has 1 aromatic carbocycles. The molecule has 0 aliphatic heterocycles. The molecule has 0 bridgehead atoms. The molecule has 3 nitrogen and oxygen atoms in total. The van der Waals surface area contributed by atoms with E-state index in [9.17, 15) is 4.79 Å². The maximum absolute atomic E-state index is 10.9. The lowest BCUT2D eigenvalue weighted by atomic mass is 9.88. The Bertz CT molecular complexity index is 415. The van der Waals surface area contributed by atoms with Gasteiger partial charge >= 0.3 is 0 Å². The molecule has 0 radical (unpaired) electrons. The first kappa shape index (κ1) is 15.7. The monoisotopic (exact) mass is 262 g/mol. The summed E-state index contributed by atoms with van der Waals surface area (Å²) in [7, 11) is 0. The number of hydrogen-bond acceptors (Lipinski definition) is 2. The lowest BCUT2D eigenvalue weighted by Crippen LogP contribution is -2.19. The number of carbonyl (C=O) groups is 1. The summed E-state index contributed by atoms with van der Waals surface area (Å²) >= 11 is 0. The van der Waals surface area contributed by atoms with Gasteiger partial charge in [-0.15, -0.1) is 0 Å². The first-order valence-electron chi connectivity index (χ1n) is 7.21. The van der Waals surface area contributed by atoms with Crippen LogP contribution in [0, 0.1) is 0 Å². The van der Waals surface area contributed by atoms with Gasteiger partial charge in [0.05, 0.1) is 0 Å². The quantitative estimate of drug-likeness (QED) is 0.793. The Balaban J connectivity index is 3.12. The molecule has 1 rings (SSSR count). The van der Waals surface area contributed by atoms with Crippen molar-refractivity contribution in [1.82, 2.24) is 0 Å². The largest absolute Gasteiger partial charge is 0.370 e. The lowest BCUT2D eigenvalue weighted by Gasteiger charge is -2.21. The fourth-order valence-electron chi connectivity index (χ4n) is 2.56. The number of nitrogens with two attached hydrogens (primary N) is 2. The summed E-state index contributed by atoms with van der Waals surface area (Å²) in [6.07, 6.45) is 3.96. The van der Waals surface area contributed by atoms with E-state index in [1.165, 1.54) is 22.3 Å². The van der Waals surface area contributed by atoms with Crippen molar-refractivity contribution < 1.29 is 4.79 Å². The van der Waals surface area contributed by atoms with Crippen LogP contribution in [0.1, 0.15) is 61.9 Å². The Morgan fingerprint density at radius 1 is 1.11 bits per heavy atom. The van der Waals surface area contributed by atoms with Gasteiger partial charge in [-0.2, -0.15) is 0 Å². The van der Waals surface area contributed by atoms with Gasteiger partial charge < -0.3 is 11.5 Å². The zero-order valence-corrected chi connectivity index (χ0v) is 12.3. The van der Waals surface area contributed by atoms with Gasteiger partial charge in [0.25, 0.3) is 0 Å². The zero-order chi connectivity index (χ0) is 14.4. The van der Waals surface area contributed by atoms with Gasteiger partial charge in [-0.1, -0.05) is 32.9 Å². The predicted octanol–water partition coefficient (Wildman–Crippen LogP) is 2.64. The van der Waals surface area contributed by atoms with Crippen LogP contribution in [0.3, 0.4) is 0 Å². The summed E-state index contributed by atoms with van der Waals surface area (Å²) < 4.78 is 0. The second-order valence-corrected chi connectivity index (χ2v) is 5.00. The van der Waals surface area contributed by atoms with Crippen molar-refractivity contribution in [2.24, 2.45) is 11.5 Å². The van der Waals surface area contributed by atoms with E-state index in [0.29, 0.717) is 12.8 Å². The fraction of sp³-hybridized carbons (Fsp3) is 0.562. The van der Waals surface area contributed by atoms with Crippen molar-refractivity contribution in [1.29, 1.82) is 0 Å². The number of rotatable bonds is 7. The third-order valence-electron chi connectivity index (χ3n) is 3.65.